The van der Waals surface area contributed by atoms with Gasteiger partial charge in [0.25, 0.3) is 0 Å². The summed E-state index contributed by atoms with van der Waals surface area (Å²) in [4.78, 5) is 15.0. The normalized spacial score (nSPS) is 10.7. The van der Waals surface area contributed by atoms with Gasteiger partial charge >= 0.3 is 0 Å². The van der Waals surface area contributed by atoms with E-state index < -0.39 is 0 Å². The Kier molecular flexibility index (Phi) is 5.04. The molecule has 0 aliphatic heterocycles. The van der Waals surface area contributed by atoms with Crippen molar-refractivity contribution in [3.63, 3.8) is 0 Å². The molecule has 0 saturated heterocycles. The van der Waals surface area contributed by atoms with Crippen LogP contribution in [0.2, 0.25) is 5.02 Å². The lowest BCUT2D eigenvalue weighted by molar-refractivity contribution is -0.131. The second-order valence-corrected chi connectivity index (χ2v) is 5.97. The number of carbonyl (C=O) groups is 1. The molecule has 25 heavy (non-hydrogen) atoms. The summed E-state index contributed by atoms with van der Waals surface area (Å²) in [7, 11) is 1.69. The van der Waals surface area contributed by atoms with Crippen molar-refractivity contribution in [2.45, 2.75) is 13.1 Å². The molecule has 0 fully saturated rings. The minimum Gasteiger partial charge on any atom is -0.340 e. The van der Waals surface area contributed by atoms with Crippen molar-refractivity contribution in [1.29, 1.82) is 0 Å². The highest BCUT2D eigenvalue weighted by molar-refractivity contribution is 6.30. The van der Waals surface area contributed by atoms with Crippen LogP contribution < -0.4 is 0 Å². The van der Waals surface area contributed by atoms with Crippen LogP contribution in [0, 0.1) is 5.82 Å². The van der Waals surface area contributed by atoms with Gasteiger partial charge in [-0.05, 0) is 35.0 Å². The van der Waals surface area contributed by atoms with E-state index in [4.69, 9.17) is 11.6 Å². The molecule has 1 amide bonds. The second kappa shape index (κ2) is 7.40. The monoisotopic (exact) mass is 359 g/mol. The van der Waals surface area contributed by atoms with Gasteiger partial charge in [0.05, 0.1) is 0 Å². The topological polar surface area (TPSA) is 63.9 Å². The zero-order valence-corrected chi connectivity index (χ0v) is 14.2. The third-order valence-corrected chi connectivity index (χ3v) is 3.78. The summed E-state index contributed by atoms with van der Waals surface area (Å²) >= 11 is 5.95. The molecule has 2 aromatic carbocycles. The molecule has 8 heteroatoms. The zero-order chi connectivity index (χ0) is 17.8. The van der Waals surface area contributed by atoms with Gasteiger partial charge in [-0.2, -0.15) is 4.80 Å². The quantitative estimate of drug-likeness (QED) is 0.702. The minimum atomic E-state index is -0.383. The third-order valence-electron chi connectivity index (χ3n) is 3.55. The van der Waals surface area contributed by atoms with Crippen molar-refractivity contribution in [3.05, 3.63) is 64.9 Å². The van der Waals surface area contributed by atoms with Gasteiger partial charge in [0, 0.05) is 24.2 Å². The molecule has 0 saturated carbocycles. The summed E-state index contributed by atoms with van der Waals surface area (Å²) in [6.45, 7) is 0.365. The van der Waals surface area contributed by atoms with E-state index in [2.05, 4.69) is 15.4 Å². The molecule has 0 aliphatic rings. The molecule has 0 spiro atoms. The van der Waals surface area contributed by atoms with Crippen LogP contribution >= 0.6 is 11.6 Å². The number of rotatable bonds is 5. The van der Waals surface area contributed by atoms with E-state index in [1.54, 1.807) is 36.2 Å². The maximum Gasteiger partial charge on any atom is 0.246 e. The van der Waals surface area contributed by atoms with Crippen LogP contribution in [0.4, 0.5) is 4.39 Å². The molecule has 0 unspecified atom stereocenters. The highest BCUT2D eigenvalue weighted by atomic mass is 35.5. The van der Waals surface area contributed by atoms with Crippen LogP contribution in [0.15, 0.2) is 48.5 Å². The standard InChI is InChI=1S/C17H15ClFN5O/c1-23(10-12-4-2-6-14(18)8-12)16(25)11-24-21-17(20-22-24)13-5-3-7-15(19)9-13/h2-9H,10-11H2,1H3. The lowest BCUT2D eigenvalue weighted by atomic mass is 10.2. The number of tetrazole rings is 1. The fourth-order valence-electron chi connectivity index (χ4n) is 2.29. The highest BCUT2D eigenvalue weighted by Crippen LogP contribution is 2.15. The number of amides is 1. The van der Waals surface area contributed by atoms with Gasteiger partial charge in [0.15, 0.2) is 0 Å². The number of hydrogen-bond acceptors (Lipinski definition) is 4. The van der Waals surface area contributed by atoms with Gasteiger partial charge in [0.2, 0.25) is 11.7 Å². The average Bonchev–Trinajstić information content (AvgIpc) is 3.03. The SMILES string of the molecule is CN(Cc1cccc(Cl)c1)C(=O)Cn1nnc(-c2cccc(F)c2)n1. The first-order chi connectivity index (χ1) is 12.0. The second-order valence-electron chi connectivity index (χ2n) is 5.53. The Morgan fingerprint density at radius 2 is 2.04 bits per heavy atom. The van der Waals surface area contributed by atoms with Gasteiger partial charge in [-0.1, -0.05) is 35.9 Å². The van der Waals surface area contributed by atoms with E-state index in [9.17, 15) is 9.18 Å². The minimum absolute atomic E-state index is 0.0562. The van der Waals surface area contributed by atoms with E-state index in [1.165, 1.54) is 16.9 Å². The molecular formula is C17H15ClFN5O. The van der Waals surface area contributed by atoms with Crippen LogP contribution in [0.1, 0.15) is 5.56 Å². The number of likely N-dealkylation sites (N-methyl/N-ethyl adjacent to an activating group) is 1. The van der Waals surface area contributed by atoms with Gasteiger partial charge in [-0.15, -0.1) is 10.2 Å². The van der Waals surface area contributed by atoms with Gasteiger partial charge in [-0.25, -0.2) is 4.39 Å². The lowest BCUT2D eigenvalue weighted by Crippen LogP contribution is -2.30. The number of aromatic nitrogens is 4. The molecule has 0 N–H and O–H groups in total. The maximum absolute atomic E-state index is 13.3. The molecule has 128 valence electrons. The third kappa shape index (κ3) is 4.39. The number of nitrogens with zero attached hydrogens (tertiary/aromatic N) is 5. The molecule has 1 heterocycles. The predicted molar refractivity (Wildman–Crippen MR) is 91.1 cm³/mol. The Morgan fingerprint density at radius 1 is 1.24 bits per heavy atom. The van der Waals surface area contributed by atoms with Crippen molar-refractivity contribution in [2.75, 3.05) is 7.05 Å². The largest absolute Gasteiger partial charge is 0.340 e. The van der Waals surface area contributed by atoms with E-state index in [0.29, 0.717) is 17.1 Å². The summed E-state index contributed by atoms with van der Waals surface area (Å²) in [6, 6.07) is 13.2. The molecule has 0 atom stereocenters. The van der Waals surface area contributed by atoms with Crippen LogP contribution in [0.5, 0.6) is 0 Å². The van der Waals surface area contributed by atoms with E-state index in [1.807, 2.05) is 12.1 Å². The fraction of sp³-hybridized carbons (Fsp3) is 0.176. The first kappa shape index (κ1) is 17.0. The Balaban J connectivity index is 1.65. The lowest BCUT2D eigenvalue weighted by Gasteiger charge is -2.16. The Hall–Kier alpha value is -2.80. The number of halogens is 2. The van der Waals surface area contributed by atoms with Crippen molar-refractivity contribution in [3.8, 4) is 11.4 Å². The summed E-state index contributed by atoms with van der Waals surface area (Å²) in [5.41, 5.74) is 1.43. The summed E-state index contributed by atoms with van der Waals surface area (Å²) < 4.78 is 13.3. The van der Waals surface area contributed by atoms with Gasteiger partial charge in [0.1, 0.15) is 12.4 Å². The van der Waals surface area contributed by atoms with E-state index in [0.717, 1.165) is 5.56 Å². The first-order valence-corrected chi connectivity index (χ1v) is 7.91. The van der Waals surface area contributed by atoms with Crippen LogP contribution in [0.25, 0.3) is 11.4 Å². The van der Waals surface area contributed by atoms with Crippen molar-refractivity contribution < 1.29 is 9.18 Å². The molecule has 1 aromatic heterocycles. The Labute approximate surface area is 148 Å². The molecule has 0 radical (unpaired) electrons. The number of hydrogen-bond donors (Lipinski definition) is 0. The fourth-order valence-corrected chi connectivity index (χ4v) is 2.51. The van der Waals surface area contributed by atoms with Gasteiger partial charge < -0.3 is 4.90 Å². The first-order valence-electron chi connectivity index (χ1n) is 7.53. The smallest absolute Gasteiger partial charge is 0.246 e. The molecule has 3 aromatic rings. The average molecular weight is 360 g/mol. The van der Waals surface area contributed by atoms with E-state index >= 15 is 0 Å². The summed E-state index contributed by atoms with van der Waals surface area (Å²) in [5.74, 6) is -0.292. The maximum atomic E-state index is 13.3. The summed E-state index contributed by atoms with van der Waals surface area (Å²) in [6.07, 6.45) is 0. The zero-order valence-electron chi connectivity index (χ0n) is 13.4. The molecule has 0 aliphatic carbocycles. The Bertz CT molecular complexity index is 898. The van der Waals surface area contributed by atoms with Crippen LogP contribution in [-0.4, -0.2) is 38.1 Å². The van der Waals surface area contributed by atoms with E-state index in [-0.39, 0.29) is 24.1 Å². The highest BCUT2D eigenvalue weighted by Gasteiger charge is 2.13. The summed E-state index contributed by atoms with van der Waals surface area (Å²) in [5, 5.41) is 12.5. The Morgan fingerprint density at radius 3 is 2.80 bits per heavy atom. The molecule has 3 rings (SSSR count). The molecular weight excluding hydrogens is 345 g/mol. The van der Waals surface area contributed by atoms with Crippen molar-refractivity contribution in [2.24, 2.45) is 0 Å². The predicted octanol–water partition coefficient (Wildman–Crippen LogP) is 2.79. The van der Waals surface area contributed by atoms with Crippen molar-refractivity contribution in [1.82, 2.24) is 25.1 Å². The van der Waals surface area contributed by atoms with Gasteiger partial charge in [-0.3, -0.25) is 4.79 Å². The van der Waals surface area contributed by atoms with Crippen LogP contribution in [-0.2, 0) is 17.9 Å². The number of carbonyl (C=O) groups excluding carboxylic acids is 1. The van der Waals surface area contributed by atoms with Crippen molar-refractivity contribution >= 4 is 17.5 Å². The molecule has 6 nitrogen and oxygen atoms in total. The molecule has 0 bridgehead atoms. The number of benzene rings is 2. The van der Waals surface area contributed by atoms with Crippen LogP contribution in [0.3, 0.4) is 0 Å².